The molecule has 2 aromatic carbocycles. The maximum absolute atomic E-state index is 13.1. The Bertz CT molecular complexity index is 1120. The number of halogens is 3. The van der Waals surface area contributed by atoms with E-state index in [1.165, 1.54) is 18.5 Å². The van der Waals surface area contributed by atoms with Crippen molar-refractivity contribution in [1.82, 2.24) is 14.9 Å². The summed E-state index contributed by atoms with van der Waals surface area (Å²) in [5, 5.41) is 0.511. The van der Waals surface area contributed by atoms with Crippen molar-refractivity contribution in [2.75, 3.05) is 46.1 Å². The van der Waals surface area contributed by atoms with Gasteiger partial charge in [-0.3, -0.25) is 4.90 Å². The molecule has 0 unspecified atom stereocenters. The van der Waals surface area contributed by atoms with Crippen LogP contribution in [0.1, 0.15) is 13.3 Å². The molecule has 1 aliphatic rings. The molecule has 12 heteroatoms. The minimum Gasteiger partial charge on any atom is -0.490 e. The molecule has 3 aromatic rings. The number of morpholine rings is 1. The van der Waals surface area contributed by atoms with Crippen molar-refractivity contribution in [2.24, 2.45) is 0 Å². The molecule has 7 nitrogen and oxygen atoms in total. The Hall–Kier alpha value is -1.41. The predicted molar refractivity (Wildman–Crippen MR) is 123 cm³/mol. The molecule has 0 saturated carbocycles. The van der Waals surface area contributed by atoms with Gasteiger partial charge < -0.3 is 31.9 Å². The summed E-state index contributed by atoms with van der Waals surface area (Å²) in [6.07, 6.45) is 2.12. The summed E-state index contributed by atoms with van der Waals surface area (Å²) >= 11 is 0. The van der Waals surface area contributed by atoms with Crippen LogP contribution < -0.4 is 71.1 Å². The topological polar surface area (TPSA) is 65.9 Å². The zero-order valence-electron chi connectivity index (χ0n) is 19.9. The number of ether oxygens (including phenoxy) is 4. The van der Waals surface area contributed by atoms with E-state index in [1.807, 2.05) is 6.92 Å². The van der Waals surface area contributed by atoms with Gasteiger partial charge >= 0.3 is 58.4 Å². The first kappa shape index (κ1) is 28.2. The molecule has 0 atom stereocenters. The number of hydrogen-bond donors (Lipinski definition) is 0. The van der Waals surface area contributed by atoms with E-state index in [2.05, 4.69) is 14.9 Å². The first-order valence-electron chi connectivity index (χ1n) is 11.3. The second-order valence-electron chi connectivity index (χ2n) is 7.83. The van der Waals surface area contributed by atoms with Crippen LogP contribution in [0.4, 0.5) is 12.9 Å². The van der Waals surface area contributed by atoms with E-state index >= 15 is 0 Å². The summed E-state index contributed by atoms with van der Waals surface area (Å²) in [7, 11) is 0. The molecule has 1 aliphatic heterocycles. The van der Waals surface area contributed by atoms with Crippen LogP contribution >= 0.6 is 0 Å². The average molecular weight is 515 g/mol. The van der Waals surface area contributed by atoms with Crippen LogP contribution in [-0.2, 0) is 4.74 Å². The zero-order valence-corrected chi connectivity index (χ0v) is 23.0. The SMILES string of the molecule is CCOc1cc2ncnc(Oc3cccc([B-](F)(F)F)c3)c2cc1OCCCN1CCOCC1.[K+]. The number of hydrogen-bond acceptors (Lipinski definition) is 7. The van der Waals surface area contributed by atoms with E-state index in [9.17, 15) is 12.9 Å². The molecule has 2 heterocycles. The number of fused-ring (bicyclic) bond motifs is 1. The fraction of sp³-hybridized carbons (Fsp3) is 0.391. The second-order valence-corrected chi connectivity index (χ2v) is 7.83. The van der Waals surface area contributed by atoms with E-state index in [1.54, 1.807) is 12.1 Å². The van der Waals surface area contributed by atoms with Gasteiger partial charge in [0.15, 0.2) is 11.5 Å². The van der Waals surface area contributed by atoms with Gasteiger partial charge in [-0.2, -0.15) is 0 Å². The molecular weight excluding hydrogens is 489 g/mol. The van der Waals surface area contributed by atoms with Crippen LogP contribution in [0, 0.1) is 0 Å². The van der Waals surface area contributed by atoms with Crippen molar-refractivity contribution in [3.05, 3.63) is 42.7 Å². The van der Waals surface area contributed by atoms with E-state index in [0.29, 0.717) is 35.6 Å². The Balaban J connectivity index is 0.00000342. The quantitative estimate of drug-likeness (QED) is 0.295. The van der Waals surface area contributed by atoms with Gasteiger partial charge in [0.2, 0.25) is 5.88 Å². The van der Waals surface area contributed by atoms with Gasteiger partial charge in [-0.15, -0.1) is 5.46 Å². The molecule has 1 fully saturated rings. The van der Waals surface area contributed by atoms with Gasteiger partial charge in [0.25, 0.3) is 0 Å². The molecule has 0 aliphatic carbocycles. The first-order chi connectivity index (χ1) is 16.4. The third-order valence-corrected chi connectivity index (χ3v) is 5.39. The van der Waals surface area contributed by atoms with E-state index < -0.39 is 12.4 Å². The third kappa shape index (κ3) is 7.79. The molecule has 0 bridgehead atoms. The van der Waals surface area contributed by atoms with Gasteiger partial charge in [-0.25, -0.2) is 9.97 Å². The Morgan fingerprint density at radius 2 is 1.80 bits per heavy atom. The van der Waals surface area contributed by atoms with Crippen molar-refractivity contribution in [1.29, 1.82) is 0 Å². The number of benzene rings is 2. The van der Waals surface area contributed by atoms with Crippen molar-refractivity contribution in [3.63, 3.8) is 0 Å². The maximum atomic E-state index is 13.1. The molecule has 1 saturated heterocycles. The van der Waals surface area contributed by atoms with E-state index in [0.717, 1.165) is 51.4 Å². The average Bonchev–Trinajstić information content (AvgIpc) is 2.83. The maximum Gasteiger partial charge on any atom is 1.00 e. The molecule has 1 aromatic heterocycles. The molecule has 0 N–H and O–H groups in total. The third-order valence-electron chi connectivity index (χ3n) is 5.39. The Morgan fingerprint density at radius 3 is 2.54 bits per heavy atom. The Kier molecular flexibility index (Phi) is 10.6. The summed E-state index contributed by atoms with van der Waals surface area (Å²) < 4.78 is 62.3. The van der Waals surface area contributed by atoms with Crippen molar-refractivity contribution in [3.8, 4) is 23.1 Å². The molecule has 4 rings (SSSR count). The van der Waals surface area contributed by atoms with Gasteiger partial charge in [0.05, 0.1) is 37.3 Å². The molecule has 35 heavy (non-hydrogen) atoms. The van der Waals surface area contributed by atoms with Crippen molar-refractivity contribution >= 4 is 23.3 Å². The van der Waals surface area contributed by atoms with Crippen LogP contribution in [0.3, 0.4) is 0 Å². The second kappa shape index (κ2) is 13.2. The van der Waals surface area contributed by atoms with Gasteiger partial charge in [-0.1, -0.05) is 12.1 Å². The van der Waals surface area contributed by atoms with Gasteiger partial charge in [0, 0.05) is 25.7 Å². The number of aromatic nitrogens is 2. The van der Waals surface area contributed by atoms with Crippen molar-refractivity contribution in [2.45, 2.75) is 13.3 Å². The molecular formula is C23H26BF3KN3O4. The van der Waals surface area contributed by atoms with Crippen LogP contribution in [-0.4, -0.2) is 67.9 Å². The predicted octanol–water partition coefficient (Wildman–Crippen LogP) is 0.980. The normalized spacial score (nSPS) is 14.4. The van der Waals surface area contributed by atoms with Crippen LogP contribution in [0.15, 0.2) is 42.7 Å². The summed E-state index contributed by atoms with van der Waals surface area (Å²) in [5.41, 5.74) is -0.205. The first-order valence-corrected chi connectivity index (χ1v) is 11.3. The van der Waals surface area contributed by atoms with Gasteiger partial charge in [0.1, 0.15) is 12.1 Å². The Morgan fingerprint density at radius 1 is 1.03 bits per heavy atom. The smallest absolute Gasteiger partial charge is 0.490 e. The zero-order chi connectivity index (χ0) is 24.0. The number of nitrogens with zero attached hydrogens (tertiary/aromatic N) is 3. The molecule has 0 radical (unpaired) electrons. The monoisotopic (exact) mass is 515 g/mol. The van der Waals surface area contributed by atoms with Crippen LogP contribution in [0.25, 0.3) is 10.9 Å². The molecule has 0 spiro atoms. The van der Waals surface area contributed by atoms with Crippen LogP contribution in [0.2, 0.25) is 0 Å². The molecule has 182 valence electrons. The fourth-order valence-electron chi connectivity index (χ4n) is 3.69. The van der Waals surface area contributed by atoms with Gasteiger partial charge in [-0.05, 0) is 31.5 Å². The summed E-state index contributed by atoms with van der Waals surface area (Å²) in [6, 6.07) is 8.17. The van der Waals surface area contributed by atoms with E-state index in [-0.39, 0.29) is 63.0 Å². The standard InChI is InChI=1S/C23H26BF3N3O4.K/c1-2-32-22-15-20-19(14-21(22)33-10-4-7-30-8-11-31-12-9-30)23(29-16-28-20)34-18-6-3-5-17(13-18)24(25,26)27;/h3,5-6,13-16H,2,4,7-12H2,1H3;/q-1;+1. The Labute approximate surface area is 244 Å². The van der Waals surface area contributed by atoms with E-state index in [4.69, 9.17) is 18.9 Å². The molecule has 0 amide bonds. The largest absolute Gasteiger partial charge is 1.00 e. The summed E-state index contributed by atoms with van der Waals surface area (Å²) in [5.74, 6) is 1.22. The minimum atomic E-state index is -5.14. The fourth-order valence-corrected chi connectivity index (χ4v) is 3.69. The summed E-state index contributed by atoms with van der Waals surface area (Å²) in [6.45, 7) is 1.86. The summed E-state index contributed by atoms with van der Waals surface area (Å²) in [4.78, 5) is 10.7. The number of rotatable bonds is 10. The minimum absolute atomic E-state index is 0. The van der Waals surface area contributed by atoms with Crippen LogP contribution in [0.5, 0.6) is 23.1 Å². The van der Waals surface area contributed by atoms with Crippen molar-refractivity contribution < 1.29 is 83.3 Å².